The summed E-state index contributed by atoms with van der Waals surface area (Å²) in [6, 6.07) is 8.15. The van der Waals surface area contributed by atoms with Crippen LogP contribution in [0.2, 0.25) is 0 Å². The lowest BCUT2D eigenvalue weighted by atomic mass is 9.84. The van der Waals surface area contributed by atoms with Crippen LogP contribution in [0.25, 0.3) is 16.6 Å². The number of hydrogen-bond donors (Lipinski definition) is 2. The van der Waals surface area contributed by atoms with Gasteiger partial charge in [-0.25, -0.2) is 9.50 Å². The van der Waals surface area contributed by atoms with Gasteiger partial charge in [0.1, 0.15) is 0 Å². The van der Waals surface area contributed by atoms with Crippen molar-refractivity contribution in [3.63, 3.8) is 0 Å². The molecule has 1 aromatic carbocycles. The van der Waals surface area contributed by atoms with Gasteiger partial charge < -0.3 is 11.1 Å². The van der Waals surface area contributed by atoms with Crippen LogP contribution in [0.5, 0.6) is 0 Å². The lowest BCUT2D eigenvalue weighted by Crippen LogP contribution is -2.46. The summed E-state index contributed by atoms with van der Waals surface area (Å²) in [5, 5.41) is 8.96. The SMILES string of the molecule is Cc1nc2c3ccccc3nn2c(C)c1CCC(=O)NC(CN)C1CCCCC1.Cl. The number of halogens is 1. The van der Waals surface area contributed by atoms with Gasteiger partial charge in [0.25, 0.3) is 0 Å². The molecule has 4 rings (SSSR count). The number of aryl methyl sites for hydroxylation is 2. The Labute approximate surface area is 184 Å². The summed E-state index contributed by atoms with van der Waals surface area (Å²) in [4.78, 5) is 17.4. The van der Waals surface area contributed by atoms with E-state index < -0.39 is 0 Å². The largest absolute Gasteiger partial charge is 0.352 e. The molecule has 7 heteroatoms. The molecule has 1 fully saturated rings. The molecule has 162 valence electrons. The third-order valence-electron chi connectivity index (χ3n) is 6.44. The Hall–Kier alpha value is -2.18. The summed E-state index contributed by atoms with van der Waals surface area (Å²) in [6.07, 6.45) is 7.25. The van der Waals surface area contributed by atoms with E-state index >= 15 is 0 Å². The molecule has 1 aliphatic rings. The van der Waals surface area contributed by atoms with Crippen molar-refractivity contribution >= 4 is 34.9 Å². The number of hydrogen-bond acceptors (Lipinski definition) is 4. The minimum atomic E-state index is 0. The zero-order valence-corrected chi connectivity index (χ0v) is 18.7. The average molecular weight is 430 g/mol. The maximum atomic E-state index is 12.6. The molecule has 0 spiro atoms. The summed E-state index contributed by atoms with van der Waals surface area (Å²) in [5.74, 6) is 0.603. The first-order valence-electron chi connectivity index (χ1n) is 10.8. The van der Waals surface area contributed by atoms with Crippen LogP contribution in [0.3, 0.4) is 0 Å². The number of nitrogens with two attached hydrogens (primary N) is 1. The van der Waals surface area contributed by atoms with E-state index in [1.165, 1.54) is 32.1 Å². The number of rotatable bonds is 6. The Balaban J connectivity index is 0.00000256. The van der Waals surface area contributed by atoms with Gasteiger partial charge in [-0.3, -0.25) is 4.79 Å². The average Bonchev–Trinajstić information content (AvgIpc) is 3.11. The fourth-order valence-electron chi connectivity index (χ4n) is 4.76. The zero-order valence-electron chi connectivity index (χ0n) is 17.9. The van der Waals surface area contributed by atoms with Crippen LogP contribution < -0.4 is 11.1 Å². The number of nitrogens with zero attached hydrogens (tertiary/aromatic N) is 3. The molecule has 1 saturated carbocycles. The van der Waals surface area contributed by atoms with Gasteiger partial charge in [0, 0.05) is 35.8 Å². The van der Waals surface area contributed by atoms with Crippen molar-refractivity contribution < 1.29 is 4.79 Å². The Kier molecular flexibility index (Phi) is 7.32. The standard InChI is InChI=1S/C23H31N5O.ClH/c1-15-18(12-13-22(29)26-21(14-24)17-8-4-3-5-9-17)16(2)28-23(25-15)19-10-6-7-11-20(19)27-28;/h6-7,10-11,17,21H,3-5,8-9,12-14,24H2,1-2H3,(H,26,29);1H. The van der Waals surface area contributed by atoms with Crippen molar-refractivity contribution in [1.29, 1.82) is 0 Å². The highest BCUT2D eigenvalue weighted by molar-refractivity contribution is 5.92. The molecule has 0 aliphatic heterocycles. The molecule has 3 aromatic rings. The zero-order chi connectivity index (χ0) is 20.4. The predicted molar refractivity (Wildman–Crippen MR) is 123 cm³/mol. The molecule has 1 aliphatic carbocycles. The van der Waals surface area contributed by atoms with Crippen LogP contribution in [-0.2, 0) is 11.2 Å². The van der Waals surface area contributed by atoms with E-state index in [-0.39, 0.29) is 24.4 Å². The Morgan fingerprint density at radius 2 is 1.97 bits per heavy atom. The topological polar surface area (TPSA) is 85.3 Å². The van der Waals surface area contributed by atoms with E-state index in [1.807, 2.05) is 29.6 Å². The number of fused-ring (bicyclic) bond motifs is 3. The quantitative estimate of drug-likeness (QED) is 0.622. The second-order valence-electron chi connectivity index (χ2n) is 8.32. The van der Waals surface area contributed by atoms with E-state index in [0.29, 0.717) is 25.3 Å². The number of carbonyl (C=O) groups is 1. The fraction of sp³-hybridized carbons (Fsp3) is 0.522. The van der Waals surface area contributed by atoms with Gasteiger partial charge in [-0.2, -0.15) is 5.10 Å². The molecule has 2 heterocycles. The van der Waals surface area contributed by atoms with Crippen molar-refractivity contribution in [3.8, 4) is 0 Å². The Morgan fingerprint density at radius 3 is 2.70 bits per heavy atom. The van der Waals surface area contributed by atoms with Crippen molar-refractivity contribution in [3.05, 3.63) is 41.2 Å². The van der Waals surface area contributed by atoms with E-state index in [1.54, 1.807) is 0 Å². The third-order valence-corrected chi connectivity index (χ3v) is 6.44. The number of amides is 1. The normalized spacial score (nSPS) is 15.8. The molecular formula is C23H32ClN5O. The number of nitrogens with one attached hydrogen (secondary N) is 1. The molecule has 30 heavy (non-hydrogen) atoms. The van der Waals surface area contributed by atoms with Gasteiger partial charge in [-0.05, 0) is 56.7 Å². The maximum Gasteiger partial charge on any atom is 0.220 e. The van der Waals surface area contributed by atoms with E-state index in [9.17, 15) is 4.79 Å². The van der Waals surface area contributed by atoms with Crippen LogP contribution in [0, 0.1) is 19.8 Å². The summed E-state index contributed by atoms with van der Waals surface area (Å²) in [6.45, 7) is 4.60. The lowest BCUT2D eigenvalue weighted by Gasteiger charge is -2.30. The fourth-order valence-corrected chi connectivity index (χ4v) is 4.76. The minimum Gasteiger partial charge on any atom is -0.352 e. The summed E-state index contributed by atoms with van der Waals surface area (Å²) in [5.41, 5.74) is 10.9. The highest BCUT2D eigenvalue weighted by Crippen LogP contribution is 2.26. The number of aromatic nitrogens is 3. The first-order chi connectivity index (χ1) is 14.1. The van der Waals surface area contributed by atoms with E-state index in [0.717, 1.165) is 33.5 Å². The van der Waals surface area contributed by atoms with Gasteiger partial charge in [0.2, 0.25) is 5.91 Å². The Bertz CT molecular complexity index is 1030. The molecule has 6 nitrogen and oxygen atoms in total. The first kappa shape index (κ1) is 22.5. The van der Waals surface area contributed by atoms with Crippen molar-refractivity contribution in [1.82, 2.24) is 19.9 Å². The second kappa shape index (κ2) is 9.75. The summed E-state index contributed by atoms with van der Waals surface area (Å²) in [7, 11) is 0. The molecule has 3 N–H and O–H groups in total. The highest BCUT2D eigenvalue weighted by atomic mass is 35.5. The third kappa shape index (κ3) is 4.44. The minimum absolute atomic E-state index is 0. The van der Waals surface area contributed by atoms with E-state index in [4.69, 9.17) is 15.8 Å². The molecule has 2 aromatic heterocycles. The van der Waals surface area contributed by atoms with Crippen LogP contribution in [0.4, 0.5) is 0 Å². The highest BCUT2D eigenvalue weighted by Gasteiger charge is 2.24. The van der Waals surface area contributed by atoms with Crippen LogP contribution in [-0.4, -0.2) is 33.1 Å². The van der Waals surface area contributed by atoms with Gasteiger partial charge in [-0.1, -0.05) is 31.4 Å². The van der Waals surface area contributed by atoms with Crippen molar-refractivity contribution in [2.75, 3.05) is 6.54 Å². The van der Waals surface area contributed by atoms with Crippen molar-refractivity contribution in [2.45, 2.75) is 64.8 Å². The van der Waals surface area contributed by atoms with Gasteiger partial charge in [0.05, 0.1) is 5.52 Å². The lowest BCUT2D eigenvalue weighted by molar-refractivity contribution is -0.122. The Morgan fingerprint density at radius 1 is 1.23 bits per heavy atom. The van der Waals surface area contributed by atoms with Gasteiger partial charge in [-0.15, -0.1) is 12.4 Å². The number of benzene rings is 1. The molecule has 0 radical (unpaired) electrons. The summed E-state index contributed by atoms with van der Waals surface area (Å²) >= 11 is 0. The predicted octanol–water partition coefficient (Wildman–Crippen LogP) is 3.88. The monoisotopic (exact) mass is 429 g/mol. The smallest absolute Gasteiger partial charge is 0.220 e. The molecule has 1 atom stereocenters. The van der Waals surface area contributed by atoms with Crippen LogP contribution in [0.15, 0.2) is 24.3 Å². The van der Waals surface area contributed by atoms with Gasteiger partial charge >= 0.3 is 0 Å². The van der Waals surface area contributed by atoms with Crippen molar-refractivity contribution in [2.24, 2.45) is 11.7 Å². The molecule has 1 amide bonds. The van der Waals surface area contributed by atoms with Gasteiger partial charge in [0.15, 0.2) is 5.65 Å². The molecule has 0 bridgehead atoms. The maximum absolute atomic E-state index is 12.6. The first-order valence-corrected chi connectivity index (χ1v) is 10.8. The van der Waals surface area contributed by atoms with E-state index in [2.05, 4.69) is 18.3 Å². The second-order valence-corrected chi connectivity index (χ2v) is 8.32. The van der Waals surface area contributed by atoms with Crippen LogP contribution in [0.1, 0.15) is 55.5 Å². The van der Waals surface area contributed by atoms with Crippen LogP contribution >= 0.6 is 12.4 Å². The summed E-state index contributed by atoms with van der Waals surface area (Å²) < 4.78 is 1.91. The number of carbonyl (C=O) groups excluding carboxylic acids is 1. The molecule has 1 unspecified atom stereocenters. The molecular weight excluding hydrogens is 398 g/mol. The molecule has 0 saturated heterocycles.